The molecule has 0 bridgehead atoms. The van der Waals surface area contributed by atoms with Crippen molar-refractivity contribution >= 4 is 17.3 Å². The van der Waals surface area contributed by atoms with Gasteiger partial charge in [0.15, 0.2) is 0 Å². The van der Waals surface area contributed by atoms with Gasteiger partial charge in [0.25, 0.3) is 0 Å². The molecule has 0 spiro atoms. The highest BCUT2D eigenvalue weighted by Crippen LogP contribution is 2.25. The number of nitrogens with one attached hydrogen (secondary N) is 1. The fourth-order valence-electron chi connectivity index (χ4n) is 1.96. The van der Waals surface area contributed by atoms with Crippen molar-refractivity contribution in [2.24, 2.45) is 0 Å². The number of benzene rings is 1. The summed E-state index contributed by atoms with van der Waals surface area (Å²) in [7, 11) is 0. The van der Waals surface area contributed by atoms with Crippen molar-refractivity contribution in [1.82, 2.24) is 5.32 Å². The molecule has 0 unspecified atom stereocenters. The minimum Gasteiger partial charge on any atom is -0.494 e. The first kappa shape index (κ1) is 16.1. The van der Waals surface area contributed by atoms with E-state index in [9.17, 15) is 4.79 Å². The second kappa shape index (κ2) is 7.62. The number of carbonyl (C=O) groups excluding carboxylic acids is 1. The van der Waals surface area contributed by atoms with E-state index in [4.69, 9.17) is 10.5 Å². The molecule has 0 heterocycles. The lowest BCUT2D eigenvalue weighted by Crippen LogP contribution is -2.40. The summed E-state index contributed by atoms with van der Waals surface area (Å²) < 4.78 is 5.48. The van der Waals surface area contributed by atoms with Crippen molar-refractivity contribution in [3.8, 4) is 5.75 Å². The van der Waals surface area contributed by atoms with Crippen molar-refractivity contribution in [2.45, 2.75) is 33.7 Å². The predicted octanol–water partition coefficient (Wildman–Crippen LogP) is 2.02. The highest BCUT2D eigenvalue weighted by atomic mass is 16.5. The van der Waals surface area contributed by atoms with Crippen LogP contribution in [0.5, 0.6) is 5.75 Å². The quantitative estimate of drug-likeness (QED) is 0.749. The number of nitrogens with two attached hydrogens (primary N) is 1. The van der Waals surface area contributed by atoms with Crippen LogP contribution < -0.4 is 20.7 Å². The predicted molar refractivity (Wildman–Crippen MR) is 83.2 cm³/mol. The van der Waals surface area contributed by atoms with Gasteiger partial charge >= 0.3 is 0 Å². The molecule has 0 saturated carbocycles. The first-order valence-corrected chi connectivity index (χ1v) is 7.03. The number of carbonyl (C=O) groups is 1. The molecule has 3 N–H and O–H groups in total. The topological polar surface area (TPSA) is 67.6 Å². The van der Waals surface area contributed by atoms with Crippen LogP contribution in [0.2, 0.25) is 0 Å². The van der Waals surface area contributed by atoms with Crippen LogP contribution in [0, 0.1) is 0 Å². The Labute approximate surface area is 121 Å². The molecule has 0 aliphatic heterocycles. The van der Waals surface area contributed by atoms with Crippen molar-refractivity contribution in [2.75, 3.05) is 30.3 Å². The Kier molecular flexibility index (Phi) is 6.15. The molecule has 1 aromatic carbocycles. The molecule has 0 atom stereocenters. The lowest BCUT2D eigenvalue weighted by Gasteiger charge is -2.24. The number of nitrogens with zero attached hydrogens (tertiary/aromatic N) is 1. The number of likely N-dealkylation sites (N-methyl/N-ethyl adjacent to an activating group) is 1. The van der Waals surface area contributed by atoms with E-state index in [2.05, 4.69) is 5.32 Å². The van der Waals surface area contributed by atoms with Gasteiger partial charge in [-0.15, -0.1) is 0 Å². The molecule has 5 nitrogen and oxygen atoms in total. The number of amides is 1. The number of ether oxygens (including phenoxy) is 1. The highest BCUT2D eigenvalue weighted by Gasteiger charge is 2.12. The Morgan fingerprint density at radius 3 is 2.60 bits per heavy atom. The normalized spacial score (nSPS) is 10.4. The monoisotopic (exact) mass is 279 g/mol. The molecule has 112 valence electrons. The highest BCUT2D eigenvalue weighted by molar-refractivity contribution is 5.82. The van der Waals surface area contributed by atoms with Crippen LogP contribution in [0.4, 0.5) is 11.4 Å². The van der Waals surface area contributed by atoms with Gasteiger partial charge < -0.3 is 20.7 Å². The van der Waals surface area contributed by atoms with E-state index < -0.39 is 0 Å². The SMILES string of the molecule is CCOc1cc(N)cc(N(CC)CC(=O)NC(C)C)c1. The summed E-state index contributed by atoms with van der Waals surface area (Å²) in [5, 5.41) is 2.89. The van der Waals surface area contributed by atoms with Gasteiger partial charge in [0.2, 0.25) is 5.91 Å². The van der Waals surface area contributed by atoms with Crippen LogP contribution >= 0.6 is 0 Å². The number of nitrogen functional groups attached to an aromatic ring is 1. The van der Waals surface area contributed by atoms with Gasteiger partial charge in [-0.2, -0.15) is 0 Å². The smallest absolute Gasteiger partial charge is 0.239 e. The summed E-state index contributed by atoms with van der Waals surface area (Å²) in [6.45, 7) is 9.44. The van der Waals surface area contributed by atoms with Gasteiger partial charge in [0.1, 0.15) is 5.75 Å². The summed E-state index contributed by atoms with van der Waals surface area (Å²) in [6.07, 6.45) is 0. The van der Waals surface area contributed by atoms with Crippen LogP contribution in [-0.4, -0.2) is 31.6 Å². The lowest BCUT2D eigenvalue weighted by molar-refractivity contribution is -0.120. The van der Waals surface area contributed by atoms with Crippen LogP contribution in [0.1, 0.15) is 27.7 Å². The molecule has 1 rings (SSSR count). The fourth-order valence-corrected chi connectivity index (χ4v) is 1.96. The molecule has 0 aliphatic carbocycles. The zero-order valence-electron chi connectivity index (χ0n) is 12.8. The molecule has 1 aromatic rings. The first-order chi connectivity index (χ1) is 9.46. The molecular weight excluding hydrogens is 254 g/mol. The maximum Gasteiger partial charge on any atom is 0.239 e. The van der Waals surface area contributed by atoms with E-state index in [1.165, 1.54) is 0 Å². The molecule has 0 aromatic heterocycles. The van der Waals surface area contributed by atoms with Crippen molar-refractivity contribution < 1.29 is 9.53 Å². The Bertz CT molecular complexity index is 447. The zero-order chi connectivity index (χ0) is 15.1. The minimum atomic E-state index is 0.00207. The summed E-state index contributed by atoms with van der Waals surface area (Å²) >= 11 is 0. The number of anilines is 2. The third-order valence-corrected chi connectivity index (χ3v) is 2.76. The van der Waals surface area contributed by atoms with Gasteiger partial charge in [-0.05, 0) is 33.8 Å². The van der Waals surface area contributed by atoms with Crippen molar-refractivity contribution in [3.05, 3.63) is 18.2 Å². The summed E-state index contributed by atoms with van der Waals surface area (Å²) in [5.74, 6) is 0.729. The third kappa shape index (κ3) is 4.99. The van der Waals surface area contributed by atoms with E-state index in [0.29, 0.717) is 18.8 Å². The number of rotatable bonds is 7. The van der Waals surface area contributed by atoms with E-state index in [1.54, 1.807) is 6.07 Å². The second-order valence-corrected chi connectivity index (χ2v) is 4.93. The van der Waals surface area contributed by atoms with Crippen LogP contribution in [0.15, 0.2) is 18.2 Å². The Morgan fingerprint density at radius 1 is 1.35 bits per heavy atom. The summed E-state index contributed by atoms with van der Waals surface area (Å²) in [4.78, 5) is 13.8. The standard InChI is InChI=1S/C15H25N3O2/c1-5-18(10-15(19)17-11(3)4)13-7-12(16)8-14(9-13)20-6-2/h7-9,11H,5-6,10,16H2,1-4H3,(H,17,19). The second-order valence-electron chi connectivity index (χ2n) is 4.93. The van der Waals surface area contributed by atoms with E-state index in [1.807, 2.05) is 44.7 Å². The number of hydrogen-bond acceptors (Lipinski definition) is 4. The van der Waals surface area contributed by atoms with Crippen molar-refractivity contribution in [3.63, 3.8) is 0 Å². The minimum absolute atomic E-state index is 0.00207. The van der Waals surface area contributed by atoms with Crippen molar-refractivity contribution in [1.29, 1.82) is 0 Å². The molecule has 0 fully saturated rings. The Hall–Kier alpha value is -1.91. The average Bonchev–Trinajstić information content (AvgIpc) is 2.34. The van der Waals surface area contributed by atoms with Gasteiger partial charge in [-0.3, -0.25) is 4.79 Å². The maximum absolute atomic E-state index is 11.9. The maximum atomic E-state index is 11.9. The van der Waals surface area contributed by atoms with Gasteiger partial charge in [-0.25, -0.2) is 0 Å². The molecule has 0 saturated heterocycles. The molecule has 0 radical (unpaired) electrons. The Balaban J connectivity index is 2.85. The van der Waals surface area contributed by atoms with Gasteiger partial charge in [0, 0.05) is 36.1 Å². The van der Waals surface area contributed by atoms with Crippen LogP contribution in [0.3, 0.4) is 0 Å². The average molecular weight is 279 g/mol. The van der Waals surface area contributed by atoms with Gasteiger partial charge in [-0.1, -0.05) is 0 Å². The van der Waals surface area contributed by atoms with E-state index in [0.717, 1.165) is 18.0 Å². The van der Waals surface area contributed by atoms with E-state index >= 15 is 0 Å². The first-order valence-electron chi connectivity index (χ1n) is 7.03. The third-order valence-electron chi connectivity index (χ3n) is 2.76. The fraction of sp³-hybridized carbons (Fsp3) is 0.533. The summed E-state index contributed by atoms with van der Waals surface area (Å²) in [5.41, 5.74) is 7.42. The molecule has 0 aliphatic rings. The van der Waals surface area contributed by atoms with Gasteiger partial charge in [0.05, 0.1) is 13.2 Å². The molecule has 5 heteroatoms. The van der Waals surface area contributed by atoms with E-state index in [-0.39, 0.29) is 11.9 Å². The van der Waals surface area contributed by atoms with Crippen LogP contribution in [0.25, 0.3) is 0 Å². The summed E-state index contributed by atoms with van der Waals surface area (Å²) in [6, 6.07) is 5.69. The van der Waals surface area contributed by atoms with Crippen LogP contribution in [-0.2, 0) is 4.79 Å². The molecular formula is C15H25N3O2. The largest absolute Gasteiger partial charge is 0.494 e. The molecule has 1 amide bonds. The number of hydrogen-bond donors (Lipinski definition) is 2. The molecule has 20 heavy (non-hydrogen) atoms. The lowest BCUT2D eigenvalue weighted by atomic mass is 10.2. The Morgan fingerprint density at radius 2 is 2.05 bits per heavy atom. The zero-order valence-corrected chi connectivity index (χ0v) is 12.8.